The van der Waals surface area contributed by atoms with Crippen LogP contribution < -0.4 is 0 Å². The molecular weight excluding hydrogens is 358 g/mol. The molecular formula is C21H23N3O2S. The van der Waals surface area contributed by atoms with E-state index < -0.39 is 0 Å². The van der Waals surface area contributed by atoms with Crippen molar-refractivity contribution in [3.63, 3.8) is 0 Å². The molecule has 0 atom stereocenters. The van der Waals surface area contributed by atoms with Crippen LogP contribution >= 0.6 is 11.3 Å². The zero-order valence-electron chi connectivity index (χ0n) is 15.2. The Kier molecular flexibility index (Phi) is 5.65. The monoisotopic (exact) mass is 381 g/mol. The molecule has 0 bridgehead atoms. The van der Waals surface area contributed by atoms with E-state index in [0.717, 1.165) is 43.7 Å². The summed E-state index contributed by atoms with van der Waals surface area (Å²) < 4.78 is 7.51. The fraction of sp³-hybridized carbons (Fsp3) is 0.333. The van der Waals surface area contributed by atoms with Crippen molar-refractivity contribution in [2.75, 3.05) is 13.2 Å². The van der Waals surface area contributed by atoms with E-state index in [1.165, 1.54) is 4.88 Å². The summed E-state index contributed by atoms with van der Waals surface area (Å²) in [5, 5.41) is 2.06. The number of carbonyl (C=O) groups excluding carboxylic acids is 1. The number of rotatable bonds is 6. The molecule has 0 N–H and O–H groups in total. The fourth-order valence-electron chi connectivity index (χ4n) is 3.44. The summed E-state index contributed by atoms with van der Waals surface area (Å²) in [6.07, 6.45) is 7.31. The second kappa shape index (κ2) is 8.50. The van der Waals surface area contributed by atoms with Crippen molar-refractivity contribution in [3.05, 3.63) is 76.5 Å². The van der Waals surface area contributed by atoms with Gasteiger partial charge in [0.25, 0.3) is 5.91 Å². The highest BCUT2D eigenvalue weighted by Crippen LogP contribution is 2.22. The van der Waals surface area contributed by atoms with E-state index in [9.17, 15) is 4.79 Å². The van der Waals surface area contributed by atoms with Gasteiger partial charge in [-0.1, -0.05) is 18.2 Å². The molecule has 2 aromatic heterocycles. The van der Waals surface area contributed by atoms with Gasteiger partial charge in [-0.25, -0.2) is 4.98 Å². The minimum atomic E-state index is 0.101. The summed E-state index contributed by atoms with van der Waals surface area (Å²) in [6, 6.07) is 12.3. The Hall–Kier alpha value is -2.44. The summed E-state index contributed by atoms with van der Waals surface area (Å²) in [4.78, 5) is 20.6. The maximum absolute atomic E-state index is 13.3. The number of hydrogen-bond donors (Lipinski definition) is 0. The van der Waals surface area contributed by atoms with Crippen molar-refractivity contribution in [1.82, 2.24) is 14.5 Å². The highest BCUT2D eigenvalue weighted by molar-refractivity contribution is 7.09. The molecule has 3 aromatic rings. The van der Waals surface area contributed by atoms with Crippen LogP contribution in [0.1, 0.15) is 33.6 Å². The highest BCUT2D eigenvalue weighted by atomic mass is 32.1. The quantitative estimate of drug-likeness (QED) is 0.652. The SMILES string of the molecule is O=C(c1ccc(Cn2ccnc2)cc1)N(Cc1cccs1)C1CCOCC1. The smallest absolute Gasteiger partial charge is 0.254 e. The lowest BCUT2D eigenvalue weighted by Crippen LogP contribution is -2.42. The van der Waals surface area contributed by atoms with Gasteiger partial charge in [-0.15, -0.1) is 11.3 Å². The number of aromatic nitrogens is 2. The second-order valence-electron chi connectivity index (χ2n) is 6.79. The van der Waals surface area contributed by atoms with Gasteiger partial charge in [-0.2, -0.15) is 0 Å². The third-order valence-corrected chi connectivity index (χ3v) is 5.79. The molecule has 0 spiro atoms. The largest absolute Gasteiger partial charge is 0.381 e. The van der Waals surface area contributed by atoms with Gasteiger partial charge in [0.15, 0.2) is 0 Å². The van der Waals surface area contributed by atoms with Gasteiger partial charge in [0, 0.05) is 48.6 Å². The molecule has 27 heavy (non-hydrogen) atoms. The van der Waals surface area contributed by atoms with Crippen molar-refractivity contribution in [2.45, 2.75) is 32.0 Å². The molecule has 1 aliphatic rings. The Morgan fingerprint density at radius 2 is 2.04 bits per heavy atom. The Morgan fingerprint density at radius 1 is 1.22 bits per heavy atom. The Balaban J connectivity index is 1.51. The van der Waals surface area contributed by atoms with Crippen molar-refractivity contribution < 1.29 is 9.53 Å². The number of amides is 1. The molecule has 0 unspecified atom stereocenters. The zero-order valence-corrected chi connectivity index (χ0v) is 16.0. The molecule has 1 amide bonds. The summed E-state index contributed by atoms with van der Waals surface area (Å²) in [5.74, 6) is 0.101. The van der Waals surface area contributed by atoms with Crippen LogP contribution in [0.5, 0.6) is 0 Å². The van der Waals surface area contributed by atoms with E-state index in [-0.39, 0.29) is 11.9 Å². The van der Waals surface area contributed by atoms with Crippen LogP contribution in [0.2, 0.25) is 0 Å². The van der Waals surface area contributed by atoms with Gasteiger partial charge >= 0.3 is 0 Å². The fourth-order valence-corrected chi connectivity index (χ4v) is 4.15. The molecule has 4 rings (SSSR count). The lowest BCUT2D eigenvalue weighted by atomic mass is 10.0. The predicted molar refractivity (Wildman–Crippen MR) is 106 cm³/mol. The van der Waals surface area contributed by atoms with E-state index in [2.05, 4.69) is 16.4 Å². The average molecular weight is 382 g/mol. The summed E-state index contributed by atoms with van der Waals surface area (Å²) in [5.41, 5.74) is 1.90. The van der Waals surface area contributed by atoms with Gasteiger partial charge in [0.05, 0.1) is 12.9 Å². The summed E-state index contributed by atoms with van der Waals surface area (Å²) in [6.45, 7) is 2.87. The molecule has 1 fully saturated rings. The molecule has 1 saturated heterocycles. The van der Waals surface area contributed by atoms with E-state index in [1.807, 2.05) is 46.0 Å². The Morgan fingerprint density at radius 3 is 2.70 bits per heavy atom. The van der Waals surface area contributed by atoms with Gasteiger partial charge in [0.1, 0.15) is 0 Å². The van der Waals surface area contributed by atoms with Gasteiger partial charge in [-0.3, -0.25) is 4.79 Å². The predicted octanol–water partition coefficient (Wildman–Crippen LogP) is 3.81. The molecule has 6 heteroatoms. The topological polar surface area (TPSA) is 47.4 Å². The minimum Gasteiger partial charge on any atom is -0.381 e. The number of hydrogen-bond acceptors (Lipinski definition) is 4. The third-order valence-electron chi connectivity index (χ3n) is 4.92. The molecule has 5 nitrogen and oxygen atoms in total. The number of carbonyl (C=O) groups is 1. The first-order valence-corrected chi connectivity index (χ1v) is 10.1. The van der Waals surface area contributed by atoms with E-state index in [0.29, 0.717) is 6.54 Å². The van der Waals surface area contributed by atoms with Gasteiger partial charge in [-0.05, 0) is 42.0 Å². The van der Waals surface area contributed by atoms with E-state index >= 15 is 0 Å². The molecule has 0 radical (unpaired) electrons. The number of ether oxygens (including phenoxy) is 1. The lowest BCUT2D eigenvalue weighted by Gasteiger charge is -2.34. The van der Waals surface area contributed by atoms with Crippen LogP contribution in [-0.2, 0) is 17.8 Å². The first-order chi connectivity index (χ1) is 13.3. The molecule has 0 aliphatic carbocycles. The maximum atomic E-state index is 13.3. The van der Waals surface area contributed by atoms with Crippen molar-refractivity contribution >= 4 is 17.2 Å². The first kappa shape index (κ1) is 17.9. The molecule has 1 aliphatic heterocycles. The van der Waals surface area contributed by atoms with Crippen LogP contribution in [0, 0.1) is 0 Å². The average Bonchev–Trinajstić information content (AvgIpc) is 3.41. The van der Waals surface area contributed by atoms with Crippen LogP contribution in [0.3, 0.4) is 0 Å². The van der Waals surface area contributed by atoms with Gasteiger partial charge in [0.2, 0.25) is 0 Å². The Labute approximate surface area is 163 Å². The number of nitrogens with zero attached hydrogens (tertiary/aromatic N) is 3. The number of benzene rings is 1. The van der Waals surface area contributed by atoms with E-state index in [1.54, 1.807) is 23.9 Å². The van der Waals surface area contributed by atoms with E-state index in [4.69, 9.17) is 4.74 Å². The molecule has 1 aromatic carbocycles. The van der Waals surface area contributed by atoms with Crippen LogP contribution in [0.25, 0.3) is 0 Å². The normalized spacial score (nSPS) is 15.0. The summed E-state index contributed by atoms with van der Waals surface area (Å²) >= 11 is 1.70. The molecule has 3 heterocycles. The van der Waals surface area contributed by atoms with Crippen LogP contribution in [0.4, 0.5) is 0 Å². The minimum absolute atomic E-state index is 0.101. The van der Waals surface area contributed by atoms with Crippen molar-refractivity contribution in [2.24, 2.45) is 0 Å². The highest BCUT2D eigenvalue weighted by Gasteiger charge is 2.27. The maximum Gasteiger partial charge on any atom is 0.254 e. The zero-order chi connectivity index (χ0) is 18.5. The van der Waals surface area contributed by atoms with Crippen LogP contribution in [-0.4, -0.2) is 39.6 Å². The second-order valence-corrected chi connectivity index (χ2v) is 7.82. The standard InChI is InChI=1S/C21H23N3O2S/c25-21(18-5-3-17(4-6-18)14-23-10-9-22-16-23)24(15-20-2-1-13-27-20)19-7-11-26-12-8-19/h1-6,9-10,13,16,19H,7-8,11-12,14-15H2. The number of imidazole rings is 1. The van der Waals surface area contributed by atoms with Crippen LogP contribution in [0.15, 0.2) is 60.5 Å². The molecule has 0 saturated carbocycles. The van der Waals surface area contributed by atoms with Crippen molar-refractivity contribution in [3.8, 4) is 0 Å². The lowest BCUT2D eigenvalue weighted by molar-refractivity contribution is 0.0270. The Bertz CT molecular complexity index is 838. The third kappa shape index (κ3) is 4.46. The van der Waals surface area contributed by atoms with Gasteiger partial charge < -0.3 is 14.2 Å². The molecule has 140 valence electrons. The van der Waals surface area contributed by atoms with Crippen molar-refractivity contribution in [1.29, 1.82) is 0 Å². The summed E-state index contributed by atoms with van der Waals surface area (Å²) in [7, 11) is 0. The number of thiophene rings is 1. The first-order valence-electron chi connectivity index (χ1n) is 9.25.